The largest absolute Gasteiger partial charge is 0.348 e. The molecule has 3 nitrogen and oxygen atoms in total. The first-order chi connectivity index (χ1) is 12.1. The van der Waals surface area contributed by atoms with E-state index in [0.717, 1.165) is 12.1 Å². The average molecular weight is 341 g/mol. The number of halogens is 1. The number of benzene rings is 2. The van der Waals surface area contributed by atoms with Crippen molar-refractivity contribution in [2.45, 2.75) is 39.3 Å². The number of nitrogens with one attached hydrogen (secondary N) is 2. The van der Waals surface area contributed by atoms with Gasteiger partial charge in [-0.2, -0.15) is 0 Å². The lowest BCUT2D eigenvalue weighted by molar-refractivity contribution is -0.918. The first-order valence-electron chi connectivity index (χ1n) is 9.08. The summed E-state index contributed by atoms with van der Waals surface area (Å²) in [6.45, 7) is 5.62. The lowest BCUT2D eigenvalue weighted by Gasteiger charge is -2.24. The number of quaternary nitrogens is 1. The molecular formula is C21H26FN2O+. The summed E-state index contributed by atoms with van der Waals surface area (Å²) >= 11 is 0. The molecule has 1 amide bonds. The first kappa shape index (κ1) is 17.6. The fraction of sp³-hybridized carbons (Fsp3) is 0.381. The molecule has 1 fully saturated rings. The molecule has 4 heteroatoms. The maximum Gasteiger partial charge on any atom is 0.251 e. The summed E-state index contributed by atoms with van der Waals surface area (Å²) in [5, 5.41) is 2.92. The minimum atomic E-state index is -0.346. The summed E-state index contributed by atoms with van der Waals surface area (Å²) in [5.74, 6) is -0.583. The van der Waals surface area contributed by atoms with E-state index >= 15 is 0 Å². The van der Waals surface area contributed by atoms with Crippen LogP contribution >= 0.6 is 0 Å². The molecule has 0 bridgehead atoms. The normalized spacial score (nSPS) is 15.1. The Morgan fingerprint density at radius 3 is 2.52 bits per heavy atom. The van der Waals surface area contributed by atoms with Crippen LogP contribution in [0.5, 0.6) is 0 Å². The number of hydrogen-bond acceptors (Lipinski definition) is 1. The Bertz CT molecular complexity index is 738. The monoisotopic (exact) mass is 341 g/mol. The van der Waals surface area contributed by atoms with Crippen molar-refractivity contribution in [2.24, 2.45) is 0 Å². The maximum absolute atomic E-state index is 13.6. The molecule has 3 rings (SSSR count). The van der Waals surface area contributed by atoms with Crippen LogP contribution in [0.3, 0.4) is 0 Å². The van der Waals surface area contributed by atoms with E-state index in [1.807, 2.05) is 6.07 Å². The van der Waals surface area contributed by atoms with Gasteiger partial charge in [-0.15, -0.1) is 0 Å². The third-order valence-corrected chi connectivity index (χ3v) is 4.99. The van der Waals surface area contributed by atoms with Crippen LogP contribution in [0.15, 0.2) is 42.5 Å². The lowest BCUT2D eigenvalue weighted by atomic mass is 10.0. The summed E-state index contributed by atoms with van der Waals surface area (Å²) in [7, 11) is 0. The Hall–Kier alpha value is -2.20. The highest BCUT2D eigenvalue weighted by Crippen LogP contribution is 2.11. The molecule has 1 saturated heterocycles. The van der Waals surface area contributed by atoms with Gasteiger partial charge in [-0.1, -0.05) is 30.3 Å². The van der Waals surface area contributed by atoms with Gasteiger partial charge in [-0.25, -0.2) is 4.39 Å². The molecule has 0 radical (unpaired) electrons. The van der Waals surface area contributed by atoms with E-state index < -0.39 is 0 Å². The van der Waals surface area contributed by atoms with E-state index in [9.17, 15) is 9.18 Å². The number of amides is 1. The van der Waals surface area contributed by atoms with Crippen molar-refractivity contribution in [2.75, 3.05) is 13.1 Å². The van der Waals surface area contributed by atoms with Crippen molar-refractivity contribution < 1.29 is 14.1 Å². The van der Waals surface area contributed by atoms with Crippen molar-refractivity contribution in [1.29, 1.82) is 0 Å². The molecule has 1 aliphatic rings. The van der Waals surface area contributed by atoms with Gasteiger partial charge in [-0.05, 0) is 49.4 Å². The Morgan fingerprint density at radius 2 is 1.80 bits per heavy atom. The Balaban J connectivity index is 1.64. The van der Waals surface area contributed by atoms with Gasteiger partial charge < -0.3 is 10.2 Å². The standard InChI is InChI=1S/C21H25FN2O/c1-16-9-10-17(13-20(16)22)21(25)23-14-18-7-3-4-8-19(18)15-24-11-5-2-6-12-24/h3-4,7-10,13H,2,5-6,11-12,14-15H2,1H3,(H,23,25)/p+1. The molecule has 2 aromatic rings. The second-order valence-corrected chi connectivity index (χ2v) is 6.90. The zero-order chi connectivity index (χ0) is 17.6. The van der Waals surface area contributed by atoms with Crippen LogP contribution in [0.25, 0.3) is 0 Å². The SMILES string of the molecule is Cc1ccc(C(=O)NCc2ccccc2C[NH+]2CCCCC2)cc1F. The van der Waals surface area contributed by atoms with Crippen LogP contribution in [-0.2, 0) is 13.1 Å². The third kappa shape index (κ3) is 4.67. The number of rotatable bonds is 5. The Labute approximate surface area is 148 Å². The fourth-order valence-electron chi connectivity index (χ4n) is 3.41. The van der Waals surface area contributed by atoms with E-state index in [1.54, 1.807) is 24.0 Å². The van der Waals surface area contributed by atoms with E-state index in [0.29, 0.717) is 17.7 Å². The zero-order valence-electron chi connectivity index (χ0n) is 14.8. The van der Waals surface area contributed by atoms with Crippen molar-refractivity contribution in [3.63, 3.8) is 0 Å². The van der Waals surface area contributed by atoms with Crippen molar-refractivity contribution in [3.8, 4) is 0 Å². The minimum Gasteiger partial charge on any atom is -0.348 e. The van der Waals surface area contributed by atoms with Gasteiger partial charge in [0.05, 0.1) is 13.1 Å². The van der Waals surface area contributed by atoms with E-state index in [1.165, 1.54) is 44.0 Å². The molecule has 2 aromatic carbocycles. The van der Waals surface area contributed by atoms with Gasteiger partial charge in [0.25, 0.3) is 5.91 Å². The quantitative estimate of drug-likeness (QED) is 0.861. The summed E-state index contributed by atoms with van der Waals surface area (Å²) < 4.78 is 13.6. The van der Waals surface area contributed by atoms with E-state index in [-0.39, 0.29) is 11.7 Å². The summed E-state index contributed by atoms with van der Waals surface area (Å²) in [6, 6.07) is 12.9. The van der Waals surface area contributed by atoms with E-state index in [4.69, 9.17) is 0 Å². The van der Waals surface area contributed by atoms with Gasteiger partial charge in [0.15, 0.2) is 0 Å². The molecule has 0 unspecified atom stereocenters. The summed E-state index contributed by atoms with van der Waals surface area (Å²) in [6.07, 6.45) is 3.94. The average Bonchev–Trinajstić information content (AvgIpc) is 2.64. The maximum atomic E-state index is 13.6. The van der Waals surface area contributed by atoms with Gasteiger partial charge in [0.1, 0.15) is 12.4 Å². The topological polar surface area (TPSA) is 33.5 Å². The van der Waals surface area contributed by atoms with Crippen molar-refractivity contribution >= 4 is 5.91 Å². The fourth-order valence-corrected chi connectivity index (χ4v) is 3.41. The Kier molecular flexibility index (Phi) is 5.82. The molecular weight excluding hydrogens is 315 g/mol. The summed E-state index contributed by atoms with van der Waals surface area (Å²) in [4.78, 5) is 13.9. The van der Waals surface area contributed by atoms with Gasteiger partial charge >= 0.3 is 0 Å². The first-order valence-corrected chi connectivity index (χ1v) is 9.08. The van der Waals surface area contributed by atoms with Crippen LogP contribution in [0.4, 0.5) is 4.39 Å². The lowest BCUT2D eigenvalue weighted by Crippen LogP contribution is -3.11. The summed E-state index contributed by atoms with van der Waals surface area (Å²) in [5.41, 5.74) is 3.34. The van der Waals surface area contributed by atoms with E-state index in [2.05, 4.69) is 23.5 Å². The number of hydrogen-bond donors (Lipinski definition) is 2. The number of piperidine rings is 1. The van der Waals surface area contributed by atoms with Crippen LogP contribution in [0.1, 0.15) is 46.3 Å². The molecule has 25 heavy (non-hydrogen) atoms. The highest BCUT2D eigenvalue weighted by molar-refractivity contribution is 5.94. The molecule has 1 heterocycles. The number of carbonyl (C=O) groups is 1. The second-order valence-electron chi connectivity index (χ2n) is 6.90. The predicted molar refractivity (Wildman–Crippen MR) is 97.0 cm³/mol. The van der Waals surface area contributed by atoms with Crippen LogP contribution in [0, 0.1) is 12.7 Å². The minimum absolute atomic E-state index is 0.237. The number of likely N-dealkylation sites (tertiary alicyclic amines) is 1. The molecule has 1 aliphatic heterocycles. The predicted octanol–water partition coefficient (Wildman–Crippen LogP) is 2.63. The number of aryl methyl sites for hydroxylation is 1. The van der Waals surface area contributed by atoms with Gasteiger partial charge in [0.2, 0.25) is 0 Å². The molecule has 0 atom stereocenters. The zero-order valence-corrected chi connectivity index (χ0v) is 14.8. The second kappa shape index (κ2) is 8.26. The highest BCUT2D eigenvalue weighted by Gasteiger charge is 2.16. The molecule has 0 aromatic heterocycles. The van der Waals surface area contributed by atoms with Gasteiger partial charge in [0, 0.05) is 17.7 Å². The smallest absolute Gasteiger partial charge is 0.251 e. The molecule has 0 saturated carbocycles. The van der Waals surface area contributed by atoms with Crippen molar-refractivity contribution in [1.82, 2.24) is 5.32 Å². The molecule has 0 spiro atoms. The third-order valence-electron chi connectivity index (χ3n) is 4.99. The van der Waals surface area contributed by atoms with Crippen LogP contribution in [0.2, 0.25) is 0 Å². The van der Waals surface area contributed by atoms with Crippen LogP contribution < -0.4 is 10.2 Å². The molecule has 132 valence electrons. The van der Waals surface area contributed by atoms with Gasteiger partial charge in [-0.3, -0.25) is 4.79 Å². The van der Waals surface area contributed by atoms with Crippen molar-refractivity contribution in [3.05, 3.63) is 70.5 Å². The molecule has 0 aliphatic carbocycles. The number of carbonyl (C=O) groups excluding carboxylic acids is 1. The molecule has 2 N–H and O–H groups in total. The Morgan fingerprint density at radius 1 is 1.08 bits per heavy atom. The van der Waals surface area contributed by atoms with Crippen LogP contribution in [-0.4, -0.2) is 19.0 Å². The highest BCUT2D eigenvalue weighted by atomic mass is 19.1.